The number of carbonyl (C=O) groups excluding carboxylic acids is 2. The maximum absolute atomic E-state index is 11.7. The van der Waals surface area contributed by atoms with Crippen molar-refractivity contribution in [1.29, 1.82) is 0 Å². The van der Waals surface area contributed by atoms with E-state index in [2.05, 4.69) is 9.47 Å². The van der Waals surface area contributed by atoms with Gasteiger partial charge in [0, 0.05) is 20.0 Å². The maximum atomic E-state index is 11.7. The highest BCUT2D eigenvalue weighted by Gasteiger charge is 2.10. The number of ether oxygens (including phenoxy) is 2. The Hall–Kier alpha value is -1.24. The molecular weight excluding hydrogens is 248 g/mol. The fourth-order valence-electron chi connectivity index (χ4n) is 1.21. The molecule has 0 heterocycles. The summed E-state index contributed by atoms with van der Waals surface area (Å²) in [7, 11) is 2.89. The average molecular weight is 267 g/mol. The lowest BCUT2D eigenvalue weighted by atomic mass is 10.3. The molecule has 0 radical (unpaired) electrons. The second-order valence-corrected chi connectivity index (χ2v) is 3.71. The lowest BCUT2D eigenvalue weighted by Crippen LogP contribution is -2.29. The van der Waals surface area contributed by atoms with E-state index in [0.29, 0.717) is 13.0 Å². The quantitative estimate of drug-likeness (QED) is 0.463. The third-order valence-corrected chi connectivity index (χ3v) is 2.23. The van der Waals surface area contributed by atoms with Crippen molar-refractivity contribution in [1.82, 2.24) is 4.90 Å². The molecule has 5 nitrogen and oxygen atoms in total. The van der Waals surface area contributed by atoms with Gasteiger partial charge in [0.15, 0.2) is 0 Å². The topological polar surface area (TPSA) is 55.8 Å². The van der Waals surface area contributed by atoms with E-state index in [4.69, 9.17) is 0 Å². The van der Waals surface area contributed by atoms with Crippen molar-refractivity contribution < 1.29 is 27.8 Å². The summed E-state index contributed by atoms with van der Waals surface area (Å²) in [5.74, 6) is -0.523. The first kappa shape index (κ1) is 16.8. The number of methoxy groups -OCH3 is 1. The largest absolute Gasteiger partial charge is 0.469 e. The van der Waals surface area contributed by atoms with Gasteiger partial charge in [-0.25, -0.2) is 8.78 Å². The zero-order valence-electron chi connectivity index (χ0n) is 10.7. The van der Waals surface area contributed by atoms with Gasteiger partial charge >= 0.3 is 5.97 Å². The highest BCUT2D eigenvalue weighted by molar-refractivity contribution is 5.76. The molecule has 0 aromatic heterocycles. The molecule has 0 fully saturated rings. The first-order valence-corrected chi connectivity index (χ1v) is 5.64. The molecule has 7 heteroatoms. The van der Waals surface area contributed by atoms with Crippen molar-refractivity contribution >= 4 is 11.9 Å². The van der Waals surface area contributed by atoms with E-state index in [-0.39, 0.29) is 31.3 Å². The third kappa shape index (κ3) is 8.86. The van der Waals surface area contributed by atoms with Gasteiger partial charge in [-0.05, 0) is 6.42 Å². The average Bonchev–Trinajstić information content (AvgIpc) is 2.33. The minimum atomic E-state index is -2.52. The number of halogens is 2. The first-order valence-electron chi connectivity index (χ1n) is 5.64. The third-order valence-electron chi connectivity index (χ3n) is 2.23. The molecule has 1 amide bonds. The summed E-state index contributed by atoms with van der Waals surface area (Å²) in [6.07, 6.45) is -1.71. The number of hydrogen-bond donors (Lipinski definition) is 0. The monoisotopic (exact) mass is 267 g/mol. The molecular formula is C11H19F2NO4. The van der Waals surface area contributed by atoms with Crippen LogP contribution in [-0.4, -0.2) is 57.1 Å². The Morgan fingerprint density at radius 2 is 1.94 bits per heavy atom. The fraction of sp³-hybridized carbons (Fsp3) is 0.818. The molecule has 0 aliphatic rings. The van der Waals surface area contributed by atoms with Gasteiger partial charge in [0.2, 0.25) is 5.91 Å². The fourth-order valence-corrected chi connectivity index (χ4v) is 1.21. The summed E-state index contributed by atoms with van der Waals surface area (Å²) in [6, 6.07) is 0. The molecule has 106 valence electrons. The van der Waals surface area contributed by atoms with Gasteiger partial charge in [0.05, 0.1) is 20.1 Å². The van der Waals surface area contributed by atoms with Gasteiger partial charge in [0.1, 0.15) is 6.61 Å². The van der Waals surface area contributed by atoms with E-state index in [1.165, 1.54) is 12.0 Å². The number of nitrogens with zero attached hydrogens (tertiary/aromatic N) is 1. The Labute approximate surface area is 105 Å². The van der Waals surface area contributed by atoms with E-state index in [1.54, 1.807) is 7.05 Å². The molecule has 0 rings (SSSR count). The molecule has 18 heavy (non-hydrogen) atoms. The number of hydrogen-bond acceptors (Lipinski definition) is 4. The van der Waals surface area contributed by atoms with Crippen LogP contribution in [0, 0.1) is 0 Å². The van der Waals surface area contributed by atoms with Crippen LogP contribution in [0.15, 0.2) is 0 Å². The summed E-state index contributed by atoms with van der Waals surface area (Å²) < 4.78 is 32.5. The summed E-state index contributed by atoms with van der Waals surface area (Å²) >= 11 is 0. The Balaban J connectivity index is 3.60. The van der Waals surface area contributed by atoms with E-state index in [0.717, 1.165) is 0 Å². The maximum Gasteiger partial charge on any atom is 0.305 e. The molecule has 0 aromatic carbocycles. The Morgan fingerprint density at radius 1 is 1.28 bits per heavy atom. The molecule has 0 bridgehead atoms. The van der Waals surface area contributed by atoms with Crippen LogP contribution in [0.1, 0.15) is 19.3 Å². The number of esters is 1. The molecule has 0 spiro atoms. The van der Waals surface area contributed by atoms with Crippen LogP contribution in [-0.2, 0) is 19.1 Å². The Morgan fingerprint density at radius 3 is 2.50 bits per heavy atom. The highest BCUT2D eigenvalue weighted by Crippen LogP contribution is 1.99. The van der Waals surface area contributed by atoms with E-state index >= 15 is 0 Å². The van der Waals surface area contributed by atoms with Crippen molar-refractivity contribution in [3.05, 3.63) is 0 Å². The van der Waals surface area contributed by atoms with Crippen molar-refractivity contribution in [3.63, 3.8) is 0 Å². The van der Waals surface area contributed by atoms with Crippen LogP contribution in [0.3, 0.4) is 0 Å². The van der Waals surface area contributed by atoms with Gasteiger partial charge in [0.25, 0.3) is 6.43 Å². The van der Waals surface area contributed by atoms with Crippen molar-refractivity contribution in [2.45, 2.75) is 25.7 Å². The van der Waals surface area contributed by atoms with Crippen molar-refractivity contribution in [3.8, 4) is 0 Å². The van der Waals surface area contributed by atoms with Crippen LogP contribution in [0.5, 0.6) is 0 Å². The molecule has 0 saturated carbocycles. The Bertz CT molecular complexity index is 261. The standard InChI is InChI=1S/C11H19F2NO4/c1-14(6-3-4-11(16)17-2)10(15)5-7-18-8-9(12)13/h9H,3-8H2,1-2H3. The Kier molecular flexibility index (Phi) is 9.08. The van der Waals surface area contributed by atoms with E-state index in [1.807, 2.05) is 0 Å². The van der Waals surface area contributed by atoms with Crippen LogP contribution in [0.25, 0.3) is 0 Å². The summed E-state index contributed by atoms with van der Waals surface area (Å²) in [6.45, 7) is -0.257. The molecule has 0 unspecified atom stereocenters. The van der Waals surface area contributed by atoms with Gasteiger partial charge in [-0.1, -0.05) is 0 Å². The predicted molar refractivity (Wildman–Crippen MR) is 60.3 cm³/mol. The van der Waals surface area contributed by atoms with E-state index < -0.39 is 13.0 Å². The molecule has 0 N–H and O–H groups in total. The number of alkyl halides is 2. The number of amides is 1. The second-order valence-electron chi connectivity index (χ2n) is 3.71. The minimum absolute atomic E-state index is 0.0233. The minimum Gasteiger partial charge on any atom is -0.469 e. The molecule has 0 aromatic rings. The molecule has 0 aliphatic carbocycles. The van der Waals surface area contributed by atoms with Gasteiger partial charge in [-0.2, -0.15) is 0 Å². The van der Waals surface area contributed by atoms with Gasteiger partial charge < -0.3 is 14.4 Å². The summed E-state index contributed by atoms with van der Waals surface area (Å²) in [5.41, 5.74) is 0. The smallest absolute Gasteiger partial charge is 0.305 e. The van der Waals surface area contributed by atoms with Crippen LogP contribution in [0.4, 0.5) is 8.78 Å². The number of carbonyl (C=O) groups is 2. The lowest BCUT2D eigenvalue weighted by molar-refractivity contribution is -0.141. The lowest BCUT2D eigenvalue weighted by Gasteiger charge is -2.16. The van der Waals surface area contributed by atoms with Gasteiger partial charge in [-0.3, -0.25) is 9.59 Å². The molecule has 0 saturated heterocycles. The first-order chi connectivity index (χ1) is 8.47. The highest BCUT2D eigenvalue weighted by atomic mass is 19.3. The van der Waals surface area contributed by atoms with E-state index in [9.17, 15) is 18.4 Å². The van der Waals surface area contributed by atoms with Crippen molar-refractivity contribution in [2.24, 2.45) is 0 Å². The molecule has 0 atom stereocenters. The summed E-state index contributed by atoms with van der Waals surface area (Å²) in [5, 5.41) is 0. The second kappa shape index (κ2) is 9.76. The van der Waals surface area contributed by atoms with Gasteiger partial charge in [-0.15, -0.1) is 0 Å². The zero-order chi connectivity index (χ0) is 14.0. The van der Waals surface area contributed by atoms with Crippen LogP contribution < -0.4 is 0 Å². The zero-order valence-corrected chi connectivity index (χ0v) is 10.7. The summed E-state index contributed by atoms with van der Waals surface area (Å²) in [4.78, 5) is 23.7. The predicted octanol–water partition coefficient (Wildman–Crippen LogP) is 1.07. The normalized spacial score (nSPS) is 10.5. The molecule has 0 aliphatic heterocycles. The van der Waals surface area contributed by atoms with Crippen molar-refractivity contribution in [2.75, 3.05) is 33.9 Å². The van der Waals surface area contributed by atoms with Crippen LogP contribution in [0.2, 0.25) is 0 Å². The SMILES string of the molecule is COC(=O)CCCN(C)C(=O)CCOCC(F)F. The van der Waals surface area contributed by atoms with Crippen LogP contribution >= 0.6 is 0 Å². The number of rotatable bonds is 9.